The van der Waals surface area contributed by atoms with Gasteiger partial charge in [0.1, 0.15) is 5.75 Å². The van der Waals surface area contributed by atoms with E-state index in [0.717, 1.165) is 0 Å². The van der Waals surface area contributed by atoms with E-state index < -0.39 is 11.9 Å². The fraction of sp³-hybridized carbons (Fsp3) is 0.0870. The number of hydrazone groups is 1. The van der Waals surface area contributed by atoms with Crippen LogP contribution in [0.15, 0.2) is 70.2 Å². The number of amides is 1. The minimum atomic E-state index is -0.554. The Hall–Kier alpha value is -3.36. The number of ether oxygens (including phenoxy) is 3. The first kappa shape index (κ1) is 23.3. The number of nitrogens with one attached hydrogen (secondary N) is 1. The number of nitrogens with zero attached hydrogens (tertiary/aromatic N) is 1. The zero-order chi connectivity index (χ0) is 23.1. The predicted molar refractivity (Wildman–Crippen MR) is 125 cm³/mol. The van der Waals surface area contributed by atoms with E-state index in [9.17, 15) is 9.59 Å². The largest absolute Gasteiger partial charge is 0.497 e. The normalized spacial score (nSPS) is 10.6. The van der Waals surface area contributed by atoms with Gasteiger partial charge in [-0.1, -0.05) is 17.7 Å². The Labute approximate surface area is 198 Å². The summed E-state index contributed by atoms with van der Waals surface area (Å²) >= 11 is 9.28. The smallest absolute Gasteiger partial charge is 0.343 e. The zero-order valence-corrected chi connectivity index (χ0v) is 19.4. The van der Waals surface area contributed by atoms with Gasteiger partial charge in [0.05, 0.1) is 30.5 Å². The van der Waals surface area contributed by atoms with Crippen LogP contribution in [0.4, 0.5) is 0 Å². The van der Waals surface area contributed by atoms with E-state index in [4.69, 9.17) is 25.8 Å². The average Bonchev–Trinajstić information content (AvgIpc) is 2.80. The topological polar surface area (TPSA) is 86.2 Å². The molecule has 0 aromatic heterocycles. The second-order valence-electron chi connectivity index (χ2n) is 6.36. The minimum Gasteiger partial charge on any atom is -0.497 e. The summed E-state index contributed by atoms with van der Waals surface area (Å²) in [5, 5.41) is 4.41. The summed E-state index contributed by atoms with van der Waals surface area (Å²) in [6.07, 6.45) is 1.44. The molecule has 3 aromatic rings. The third-order valence-electron chi connectivity index (χ3n) is 4.24. The van der Waals surface area contributed by atoms with Crippen LogP contribution in [0.2, 0.25) is 5.02 Å². The molecule has 0 fully saturated rings. The standard InChI is InChI=1S/C23H18BrClN2O5/c1-30-18-8-6-15(7-9-18)23(29)32-21-19(24)10-14(11-20(21)31-2)13-26-27-22(28)16-4-3-5-17(25)12-16/h3-13H,1-2H3,(H,27,28)/b26-13-. The highest BCUT2D eigenvalue weighted by Crippen LogP contribution is 2.37. The number of hydrogen-bond acceptors (Lipinski definition) is 6. The third kappa shape index (κ3) is 5.87. The van der Waals surface area contributed by atoms with Gasteiger partial charge in [0, 0.05) is 10.6 Å². The van der Waals surface area contributed by atoms with Crippen molar-refractivity contribution >= 4 is 45.6 Å². The van der Waals surface area contributed by atoms with Crippen LogP contribution in [0.25, 0.3) is 0 Å². The van der Waals surface area contributed by atoms with Gasteiger partial charge < -0.3 is 14.2 Å². The Kier molecular flexibility index (Phi) is 7.86. The van der Waals surface area contributed by atoms with E-state index in [0.29, 0.717) is 37.7 Å². The second-order valence-corrected chi connectivity index (χ2v) is 7.65. The van der Waals surface area contributed by atoms with Crippen molar-refractivity contribution in [2.45, 2.75) is 0 Å². The van der Waals surface area contributed by atoms with Crippen LogP contribution >= 0.6 is 27.5 Å². The number of carbonyl (C=O) groups excluding carboxylic acids is 2. The molecule has 3 rings (SSSR count). The Balaban J connectivity index is 1.73. The number of methoxy groups -OCH3 is 2. The van der Waals surface area contributed by atoms with Crippen molar-refractivity contribution in [3.05, 3.63) is 86.8 Å². The van der Waals surface area contributed by atoms with Gasteiger partial charge in [0.15, 0.2) is 11.5 Å². The number of halogens is 2. The number of hydrogen-bond donors (Lipinski definition) is 1. The molecule has 0 spiro atoms. The van der Waals surface area contributed by atoms with Crippen molar-refractivity contribution in [2.75, 3.05) is 14.2 Å². The van der Waals surface area contributed by atoms with Gasteiger partial charge in [-0.3, -0.25) is 4.79 Å². The molecule has 0 aliphatic rings. The lowest BCUT2D eigenvalue weighted by atomic mass is 10.2. The highest BCUT2D eigenvalue weighted by molar-refractivity contribution is 9.10. The molecule has 7 nitrogen and oxygen atoms in total. The molecule has 0 heterocycles. The van der Waals surface area contributed by atoms with E-state index in [1.807, 2.05) is 0 Å². The van der Waals surface area contributed by atoms with Gasteiger partial charge in [0.2, 0.25) is 0 Å². The summed E-state index contributed by atoms with van der Waals surface area (Å²) in [5.41, 5.74) is 3.77. The minimum absolute atomic E-state index is 0.216. The van der Waals surface area contributed by atoms with E-state index in [1.165, 1.54) is 19.4 Å². The monoisotopic (exact) mass is 516 g/mol. The van der Waals surface area contributed by atoms with Crippen molar-refractivity contribution in [3.63, 3.8) is 0 Å². The van der Waals surface area contributed by atoms with E-state index in [2.05, 4.69) is 26.5 Å². The number of esters is 1. The molecule has 0 saturated carbocycles. The van der Waals surface area contributed by atoms with Crippen LogP contribution in [0.5, 0.6) is 17.2 Å². The lowest BCUT2D eigenvalue weighted by Gasteiger charge is -2.12. The van der Waals surface area contributed by atoms with Crippen LogP contribution in [0.3, 0.4) is 0 Å². The number of rotatable bonds is 7. The van der Waals surface area contributed by atoms with Gasteiger partial charge in [-0.15, -0.1) is 0 Å². The molecule has 0 atom stereocenters. The molecule has 9 heteroatoms. The first-order valence-electron chi connectivity index (χ1n) is 9.24. The fourth-order valence-electron chi connectivity index (χ4n) is 2.65. The van der Waals surface area contributed by atoms with Crippen molar-refractivity contribution in [3.8, 4) is 17.2 Å². The lowest BCUT2D eigenvalue weighted by Crippen LogP contribution is -2.17. The van der Waals surface area contributed by atoms with E-state index in [1.54, 1.807) is 61.7 Å². The molecule has 0 radical (unpaired) electrons. The number of benzene rings is 3. The molecule has 1 N–H and O–H groups in total. The first-order valence-corrected chi connectivity index (χ1v) is 10.4. The average molecular weight is 518 g/mol. The Bertz CT molecular complexity index is 1170. The second kappa shape index (κ2) is 10.8. The molecule has 32 heavy (non-hydrogen) atoms. The molecule has 0 bridgehead atoms. The quantitative estimate of drug-likeness (QED) is 0.204. The molecule has 0 aliphatic heterocycles. The first-order chi connectivity index (χ1) is 15.4. The van der Waals surface area contributed by atoms with E-state index >= 15 is 0 Å². The number of carbonyl (C=O) groups is 2. The van der Waals surface area contributed by atoms with Gasteiger partial charge in [-0.25, -0.2) is 10.2 Å². The van der Waals surface area contributed by atoms with Crippen LogP contribution in [-0.2, 0) is 0 Å². The summed E-state index contributed by atoms with van der Waals surface area (Å²) in [4.78, 5) is 24.6. The summed E-state index contributed by atoms with van der Waals surface area (Å²) in [6.45, 7) is 0. The van der Waals surface area contributed by atoms with Crippen molar-refractivity contribution in [1.29, 1.82) is 0 Å². The third-order valence-corrected chi connectivity index (χ3v) is 5.06. The summed E-state index contributed by atoms with van der Waals surface area (Å²) in [7, 11) is 3.00. The van der Waals surface area contributed by atoms with Crippen LogP contribution in [0.1, 0.15) is 26.3 Å². The lowest BCUT2D eigenvalue weighted by molar-refractivity contribution is 0.0728. The molecule has 164 valence electrons. The maximum absolute atomic E-state index is 12.5. The Morgan fingerprint density at radius 3 is 2.41 bits per heavy atom. The molecular weight excluding hydrogens is 500 g/mol. The van der Waals surface area contributed by atoms with E-state index in [-0.39, 0.29) is 5.75 Å². The van der Waals surface area contributed by atoms with Crippen molar-refractivity contribution in [1.82, 2.24) is 5.43 Å². The zero-order valence-electron chi connectivity index (χ0n) is 17.1. The highest BCUT2D eigenvalue weighted by atomic mass is 79.9. The molecule has 3 aromatic carbocycles. The van der Waals surface area contributed by atoms with Gasteiger partial charge in [-0.2, -0.15) is 5.10 Å². The van der Waals surface area contributed by atoms with Crippen LogP contribution in [0, 0.1) is 0 Å². The van der Waals surface area contributed by atoms with Crippen LogP contribution < -0.4 is 19.6 Å². The molecular formula is C23H18BrClN2O5. The van der Waals surface area contributed by atoms with Crippen molar-refractivity contribution < 1.29 is 23.8 Å². The predicted octanol–water partition coefficient (Wildman–Crippen LogP) is 5.10. The Morgan fingerprint density at radius 1 is 1.00 bits per heavy atom. The molecule has 0 aliphatic carbocycles. The van der Waals surface area contributed by atoms with Crippen LogP contribution in [-0.4, -0.2) is 32.3 Å². The molecule has 0 unspecified atom stereocenters. The van der Waals surface area contributed by atoms with Crippen molar-refractivity contribution in [2.24, 2.45) is 5.10 Å². The fourth-order valence-corrected chi connectivity index (χ4v) is 3.38. The maximum atomic E-state index is 12.5. The molecule has 1 amide bonds. The highest BCUT2D eigenvalue weighted by Gasteiger charge is 2.17. The SMILES string of the molecule is COc1ccc(C(=O)Oc2c(Br)cc(/C=N\NC(=O)c3cccc(Cl)c3)cc2OC)cc1. The summed E-state index contributed by atoms with van der Waals surface area (Å²) in [5.74, 6) is 0.199. The summed E-state index contributed by atoms with van der Waals surface area (Å²) < 4.78 is 16.4. The van der Waals surface area contributed by atoms with Gasteiger partial charge >= 0.3 is 5.97 Å². The molecule has 0 saturated heterocycles. The maximum Gasteiger partial charge on any atom is 0.343 e. The van der Waals surface area contributed by atoms with Gasteiger partial charge in [0.25, 0.3) is 5.91 Å². The summed E-state index contributed by atoms with van der Waals surface area (Å²) in [6, 6.07) is 16.4. The van der Waals surface area contributed by atoms with Gasteiger partial charge in [-0.05, 0) is 76.1 Å². The Morgan fingerprint density at radius 2 is 1.75 bits per heavy atom.